The first-order chi connectivity index (χ1) is 12.8. The minimum absolute atomic E-state index is 0.000794. The largest absolute Gasteiger partial charge is 0.618 e. The van der Waals surface area contributed by atoms with Gasteiger partial charge in [-0.2, -0.15) is 4.73 Å². The van der Waals surface area contributed by atoms with Gasteiger partial charge in [0.05, 0.1) is 5.56 Å². The molecule has 138 valence electrons. The fraction of sp³-hybridized carbons (Fsp3) is 0.100. The quantitative estimate of drug-likeness (QED) is 0.399. The number of carbonyl (C=O) groups is 1. The first kappa shape index (κ1) is 18.7. The van der Waals surface area contributed by atoms with Gasteiger partial charge in [0.2, 0.25) is 6.20 Å². The summed E-state index contributed by atoms with van der Waals surface area (Å²) in [5, 5.41) is 14.2. The topological polar surface area (TPSA) is 65.3 Å². The normalized spacial score (nSPS) is 10.5. The van der Waals surface area contributed by atoms with E-state index < -0.39 is 5.91 Å². The lowest BCUT2D eigenvalue weighted by atomic mass is 10.1. The minimum Gasteiger partial charge on any atom is -0.618 e. The lowest BCUT2D eigenvalue weighted by Gasteiger charge is -2.14. The number of halogens is 2. The van der Waals surface area contributed by atoms with Gasteiger partial charge in [0.15, 0.2) is 0 Å². The molecule has 7 heteroatoms. The summed E-state index contributed by atoms with van der Waals surface area (Å²) in [6, 6.07) is 12.2. The van der Waals surface area contributed by atoms with Gasteiger partial charge in [-0.3, -0.25) is 4.79 Å². The molecule has 0 bridgehead atoms. The van der Waals surface area contributed by atoms with Crippen molar-refractivity contribution in [3.63, 3.8) is 0 Å². The maximum Gasteiger partial charge on any atom is 0.286 e. The van der Waals surface area contributed by atoms with Gasteiger partial charge in [-0.1, -0.05) is 6.07 Å². The Kier molecular flexibility index (Phi) is 5.28. The number of nitrogens with zero attached hydrogens (tertiary/aromatic N) is 1. The minimum atomic E-state index is -0.452. The van der Waals surface area contributed by atoms with E-state index in [-0.39, 0.29) is 16.5 Å². The highest BCUT2D eigenvalue weighted by atomic mass is 35.5. The Bertz CT molecular complexity index is 1020. The van der Waals surface area contributed by atoms with E-state index in [4.69, 9.17) is 16.3 Å². The number of aromatic nitrogens is 1. The van der Waals surface area contributed by atoms with Crippen molar-refractivity contribution >= 4 is 23.2 Å². The Morgan fingerprint density at radius 2 is 1.89 bits per heavy atom. The third-order valence-electron chi connectivity index (χ3n) is 3.86. The number of anilines is 1. The number of pyridine rings is 1. The van der Waals surface area contributed by atoms with Crippen LogP contribution in [0.15, 0.2) is 54.7 Å². The van der Waals surface area contributed by atoms with Crippen molar-refractivity contribution in [2.75, 3.05) is 5.32 Å². The Hall–Kier alpha value is -3.12. The van der Waals surface area contributed by atoms with Gasteiger partial charge in [0.25, 0.3) is 11.1 Å². The maximum atomic E-state index is 13.3. The summed E-state index contributed by atoms with van der Waals surface area (Å²) in [5.74, 6) is -0.0473. The lowest BCUT2D eigenvalue weighted by Crippen LogP contribution is -2.28. The first-order valence-electron chi connectivity index (χ1n) is 8.08. The van der Waals surface area contributed by atoms with Gasteiger partial charge in [0, 0.05) is 6.07 Å². The van der Waals surface area contributed by atoms with Gasteiger partial charge in [-0.15, -0.1) is 0 Å². The highest BCUT2D eigenvalue weighted by Gasteiger charge is 2.16. The second-order valence-electron chi connectivity index (χ2n) is 6.03. The molecule has 0 saturated heterocycles. The Balaban J connectivity index is 1.90. The molecule has 0 aliphatic carbocycles. The standard InChI is InChI=1S/C20H16ClFN2O3/c1-12-3-6-16(20(25)23-15-5-8-19(21)24(26)11-15)18(9-12)27-17-7-4-14(22)10-13(17)2/h3-11H,1-2H3,(H,23,25). The molecule has 0 unspecified atom stereocenters. The summed E-state index contributed by atoms with van der Waals surface area (Å²) in [6.07, 6.45) is 1.17. The van der Waals surface area contributed by atoms with Crippen molar-refractivity contribution in [3.8, 4) is 11.5 Å². The molecule has 1 amide bonds. The van der Waals surface area contributed by atoms with Crippen molar-refractivity contribution in [1.82, 2.24) is 0 Å². The zero-order valence-electron chi connectivity index (χ0n) is 14.6. The third kappa shape index (κ3) is 4.35. The van der Waals surface area contributed by atoms with Crippen LogP contribution in [0.1, 0.15) is 21.5 Å². The van der Waals surface area contributed by atoms with Crippen molar-refractivity contribution in [2.45, 2.75) is 13.8 Å². The number of amides is 1. The van der Waals surface area contributed by atoms with E-state index in [1.807, 2.05) is 6.92 Å². The molecule has 2 aromatic carbocycles. The highest BCUT2D eigenvalue weighted by Crippen LogP contribution is 2.30. The molecule has 1 heterocycles. The molecule has 0 spiro atoms. The molecule has 0 fully saturated rings. The van der Waals surface area contributed by atoms with E-state index in [0.29, 0.717) is 27.5 Å². The second kappa shape index (κ2) is 7.63. The Morgan fingerprint density at radius 3 is 2.59 bits per heavy atom. The van der Waals surface area contributed by atoms with E-state index in [1.54, 1.807) is 25.1 Å². The Morgan fingerprint density at radius 1 is 1.11 bits per heavy atom. The van der Waals surface area contributed by atoms with E-state index in [2.05, 4.69) is 5.32 Å². The van der Waals surface area contributed by atoms with Crippen molar-refractivity contribution in [1.29, 1.82) is 0 Å². The number of rotatable bonds is 4. The van der Waals surface area contributed by atoms with Crippen LogP contribution in [0.5, 0.6) is 11.5 Å². The van der Waals surface area contributed by atoms with E-state index in [0.717, 1.165) is 5.56 Å². The lowest BCUT2D eigenvalue weighted by molar-refractivity contribution is -0.602. The zero-order valence-corrected chi connectivity index (χ0v) is 15.4. The number of ether oxygens (including phenoxy) is 1. The molecule has 1 N–H and O–H groups in total. The van der Waals surface area contributed by atoms with Crippen LogP contribution >= 0.6 is 11.6 Å². The summed E-state index contributed by atoms with van der Waals surface area (Å²) in [4.78, 5) is 12.7. The second-order valence-corrected chi connectivity index (χ2v) is 6.42. The summed E-state index contributed by atoms with van der Waals surface area (Å²) < 4.78 is 19.6. The molecule has 3 rings (SSSR count). The monoisotopic (exact) mass is 386 g/mol. The predicted molar refractivity (Wildman–Crippen MR) is 101 cm³/mol. The fourth-order valence-corrected chi connectivity index (χ4v) is 2.59. The smallest absolute Gasteiger partial charge is 0.286 e. The molecule has 0 atom stereocenters. The van der Waals surface area contributed by atoms with Crippen LogP contribution in [-0.4, -0.2) is 5.91 Å². The average molecular weight is 387 g/mol. The van der Waals surface area contributed by atoms with Crippen molar-refractivity contribution in [3.05, 3.63) is 87.6 Å². The summed E-state index contributed by atoms with van der Waals surface area (Å²) in [5.41, 5.74) is 2.07. The molecule has 3 aromatic rings. The van der Waals surface area contributed by atoms with Gasteiger partial charge in [-0.25, -0.2) is 4.39 Å². The van der Waals surface area contributed by atoms with Crippen molar-refractivity contribution < 1.29 is 18.7 Å². The number of hydrogen-bond acceptors (Lipinski definition) is 3. The van der Waals surface area contributed by atoms with Crippen molar-refractivity contribution in [2.24, 2.45) is 0 Å². The van der Waals surface area contributed by atoms with Gasteiger partial charge in [0.1, 0.15) is 23.0 Å². The van der Waals surface area contributed by atoms with Crippen LogP contribution in [0, 0.1) is 24.9 Å². The van der Waals surface area contributed by atoms with Crippen LogP contribution in [0.2, 0.25) is 5.15 Å². The molecule has 0 aliphatic rings. The van der Waals surface area contributed by atoms with E-state index in [1.165, 1.54) is 36.5 Å². The zero-order chi connectivity index (χ0) is 19.6. The van der Waals surface area contributed by atoms with Crippen LogP contribution in [0.25, 0.3) is 0 Å². The van der Waals surface area contributed by atoms with Crippen LogP contribution in [-0.2, 0) is 0 Å². The van der Waals surface area contributed by atoms with Crippen LogP contribution in [0.4, 0.5) is 10.1 Å². The average Bonchev–Trinajstić information content (AvgIpc) is 2.60. The van der Waals surface area contributed by atoms with E-state index >= 15 is 0 Å². The van der Waals surface area contributed by atoms with E-state index in [9.17, 15) is 14.4 Å². The fourth-order valence-electron chi connectivity index (χ4n) is 2.48. The van der Waals surface area contributed by atoms with Gasteiger partial charge < -0.3 is 15.3 Å². The molecule has 0 radical (unpaired) electrons. The molecule has 1 aromatic heterocycles. The van der Waals surface area contributed by atoms with Crippen LogP contribution < -0.4 is 14.8 Å². The number of carbonyl (C=O) groups excluding carboxylic acids is 1. The first-order valence-corrected chi connectivity index (χ1v) is 8.46. The molecule has 0 saturated carbocycles. The van der Waals surface area contributed by atoms with Gasteiger partial charge in [-0.05, 0) is 73.0 Å². The third-order valence-corrected chi connectivity index (χ3v) is 4.16. The number of hydrogen-bond donors (Lipinski definition) is 1. The summed E-state index contributed by atoms with van der Waals surface area (Å²) >= 11 is 5.68. The molecule has 27 heavy (non-hydrogen) atoms. The predicted octanol–water partition coefficient (Wildman–Crippen LogP) is 4.77. The maximum absolute atomic E-state index is 13.3. The highest BCUT2D eigenvalue weighted by molar-refractivity contribution is 6.28. The number of nitrogens with one attached hydrogen (secondary N) is 1. The molecule has 0 aliphatic heterocycles. The van der Waals surface area contributed by atoms with Crippen LogP contribution in [0.3, 0.4) is 0 Å². The number of benzene rings is 2. The summed E-state index contributed by atoms with van der Waals surface area (Å²) in [6.45, 7) is 3.58. The Labute approximate surface area is 160 Å². The summed E-state index contributed by atoms with van der Waals surface area (Å²) in [7, 11) is 0. The number of aryl methyl sites for hydroxylation is 2. The molecular weight excluding hydrogens is 371 g/mol. The molecule has 5 nitrogen and oxygen atoms in total. The SMILES string of the molecule is Cc1ccc(C(=O)Nc2ccc(Cl)[n+]([O-])c2)c(Oc2ccc(F)cc2C)c1. The molecular formula is C20H16ClFN2O3. The van der Waals surface area contributed by atoms with Gasteiger partial charge >= 0.3 is 0 Å².